The molecule has 2 fully saturated rings. The molecule has 1 saturated carbocycles. The molecule has 0 aromatic carbocycles. The summed E-state index contributed by atoms with van der Waals surface area (Å²) in [6.07, 6.45) is 0. The van der Waals surface area contributed by atoms with Crippen molar-refractivity contribution in [1.29, 1.82) is 0 Å². The lowest BCUT2D eigenvalue weighted by Gasteiger charge is -2.07. The molecule has 2 rings (SSSR count). The van der Waals surface area contributed by atoms with E-state index in [9.17, 15) is 4.79 Å². The van der Waals surface area contributed by atoms with Gasteiger partial charge >= 0.3 is 5.97 Å². The van der Waals surface area contributed by atoms with Crippen LogP contribution in [0.25, 0.3) is 0 Å². The fraction of sp³-hybridized carbons (Fsp3) is 0.700. The zero-order chi connectivity index (χ0) is 9.52. The predicted molar refractivity (Wildman–Crippen MR) is 47.3 cm³/mol. The molecule has 0 aromatic heterocycles. The highest BCUT2D eigenvalue weighted by molar-refractivity contribution is 5.83. The zero-order valence-electron chi connectivity index (χ0n) is 8.18. The lowest BCUT2D eigenvalue weighted by atomic mass is 10.1. The summed E-state index contributed by atoms with van der Waals surface area (Å²) in [7, 11) is 0. The van der Waals surface area contributed by atoms with Gasteiger partial charge in [-0.15, -0.1) is 0 Å². The van der Waals surface area contributed by atoms with Crippen LogP contribution in [0, 0.1) is 17.3 Å². The van der Waals surface area contributed by atoms with Gasteiger partial charge < -0.3 is 4.74 Å². The summed E-state index contributed by atoms with van der Waals surface area (Å²) < 4.78 is 4.83. The molecular weight excluding hydrogens is 152 g/mol. The minimum atomic E-state index is -0.0833. The maximum atomic E-state index is 11.0. The number of ether oxygens (including phenoxy) is 1. The van der Waals surface area contributed by atoms with Crippen molar-refractivity contribution in [3.05, 3.63) is 12.3 Å². The van der Waals surface area contributed by atoms with Gasteiger partial charge in [-0.3, -0.25) is 4.79 Å². The number of esters is 1. The molecule has 2 nitrogen and oxygen atoms in total. The van der Waals surface area contributed by atoms with Crippen molar-refractivity contribution < 1.29 is 9.53 Å². The molecule has 1 aliphatic heterocycles. The Hall–Kier alpha value is -0.790. The number of fused-ring (bicyclic) bond motifs is 1. The fourth-order valence-corrected chi connectivity index (χ4v) is 1.93. The molecule has 0 amide bonds. The molecule has 2 unspecified atom stereocenters. The van der Waals surface area contributed by atoms with Gasteiger partial charge in [-0.1, -0.05) is 34.3 Å². The number of hydrogen-bond acceptors (Lipinski definition) is 2. The van der Waals surface area contributed by atoms with Crippen molar-refractivity contribution >= 4 is 5.97 Å². The minimum absolute atomic E-state index is 0.0833. The lowest BCUT2D eigenvalue weighted by Crippen LogP contribution is -2.08. The Labute approximate surface area is 73.6 Å². The Balaban J connectivity index is 0.000000336. The first-order chi connectivity index (χ1) is 5.55. The summed E-state index contributed by atoms with van der Waals surface area (Å²) in [5.74, 6) is 1.000. The predicted octanol–water partition coefficient (Wildman–Crippen LogP) is 2.36. The van der Waals surface area contributed by atoms with E-state index in [1.54, 1.807) is 0 Å². The molecule has 2 aliphatic rings. The normalized spacial score (nSPS) is 34.7. The van der Waals surface area contributed by atoms with Crippen LogP contribution in [0.3, 0.4) is 0 Å². The molecule has 0 spiro atoms. The van der Waals surface area contributed by atoms with Crippen LogP contribution >= 0.6 is 0 Å². The standard InChI is InChI=1S/C8H10O2.C2H6/c1-4-5-6(7(9)10-4)8(5,2)3;1-2/h5-6H,1H2,2-3H3;1-2H3. The summed E-state index contributed by atoms with van der Waals surface area (Å²) in [6, 6.07) is 0. The Bertz CT molecular complexity index is 206. The van der Waals surface area contributed by atoms with Gasteiger partial charge in [-0.25, -0.2) is 0 Å². The van der Waals surface area contributed by atoms with Crippen molar-refractivity contribution in [2.45, 2.75) is 27.7 Å². The van der Waals surface area contributed by atoms with E-state index in [1.165, 1.54) is 0 Å². The summed E-state index contributed by atoms with van der Waals surface area (Å²) in [5, 5.41) is 0. The third kappa shape index (κ3) is 0.977. The maximum Gasteiger partial charge on any atom is 0.315 e. The largest absolute Gasteiger partial charge is 0.431 e. The van der Waals surface area contributed by atoms with Gasteiger partial charge in [0.1, 0.15) is 5.76 Å². The van der Waals surface area contributed by atoms with Crippen molar-refractivity contribution in [1.82, 2.24) is 0 Å². The van der Waals surface area contributed by atoms with Gasteiger partial charge in [0.25, 0.3) is 0 Å². The van der Waals surface area contributed by atoms with E-state index in [-0.39, 0.29) is 17.3 Å². The first kappa shape index (κ1) is 9.30. The number of rotatable bonds is 0. The molecule has 0 bridgehead atoms. The van der Waals surface area contributed by atoms with Crippen molar-refractivity contribution in [2.75, 3.05) is 0 Å². The van der Waals surface area contributed by atoms with E-state index >= 15 is 0 Å². The van der Waals surface area contributed by atoms with Crippen molar-refractivity contribution in [2.24, 2.45) is 17.3 Å². The average Bonchev–Trinajstić information content (AvgIpc) is 2.42. The monoisotopic (exact) mass is 168 g/mol. The van der Waals surface area contributed by atoms with E-state index < -0.39 is 0 Å². The molecule has 12 heavy (non-hydrogen) atoms. The highest BCUT2D eigenvalue weighted by Gasteiger charge is 2.69. The van der Waals surface area contributed by atoms with Crippen LogP contribution in [0.4, 0.5) is 0 Å². The molecule has 1 heterocycles. The molecule has 1 saturated heterocycles. The fourth-order valence-electron chi connectivity index (χ4n) is 1.93. The summed E-state index contributed by atoms with van der Waals surface area (Å²) >= 11 is 0. The molecule has 68 valence electrons. The minimum Gasteiger partial charge on any atom is -0.431 e. The molecule has 2 heteroatoms. The second kappa shape index (κ2) is 2.61. The average molecular weight is 168 g/mol. The van der Waals surface area contributed by atoms with Gasteiger partial charge in [0.2, 0.25) is 0 Å². The second-order valence-corrected chi connectivity index (χ2v) is 3.66. The van der Waals surface area contributed by atoms with Gasteiger partial charge in [-0.2, -0.15) is 0 Å². The summed E-state index contributed by atoms with van der Waals surface area (Å²) in [6.45, 7) is 11.8. The molecule has 0 aromatic rings. The van der Waals surface area contributed by atoms with Gasteiger partial charge in [0, 0.05) is 5.92 Å². The third-order valence-corrected chi connectivity index (χ3v) is 2.66. The Morgan fingerprint density at radius 1 is 1.33 bits per heavy atom. The van der Waals surface area contributed by atoms with Crippen molar-refractivity contribution in [3.63, 3.8) is 0 Å². The SMILES string of the molecule is C=C1OC(=O)C2C1C2(C)C.CC. The Morgan fingerprint density at radius 2 is 1.83 bits per heavy atom. The number of allylic oxidation sites excluding steroid dienone is 1. The van der Waals surface area contributed by atoms with Crippen LogP contribution in [-0.2, 0) is 9.53 Å². The van der Waals surface area contributed by atoms with E-state index in [1.807, 2.05) is 13.8 Å². The number of cyclic esters (lactones) is 1. The van der Waals surface area contributed by atoms with Gasteiger partial charge in [0.05, 0.1) is 5.92 Å². The number of carbonyl (C=O) groups is 1. The molecule has 0 radical (unpaired) electrons. The first-order valence-electron chi connectivity index (χ1n) is 4.45. The van der Waals surface area contributed by atoms with E-state index in [0.29, 0.717) is 11.7 Å². The van der Waals surface area contributed by atoms with Crippen LogP contribution < -0.4 is 0 Å². The Kier molecular flexibility index (Phi) is 2.02. The number of carbonyl (C=O) groups excluding carboxylic acids is 1. The van der Waals surface area contributed by atoms with Gasteiger partial charge in [0.15, 0.2) is 0 Å². The Morgan fingerprint density at radius 3 is 2.00 bits per heavy atom. The molecule has 0 N–H and O–H groups in total. The van der Waals surface area contributed by atoms with E-state index in [2.05, 4.69) is 20.4 Å². The van der Waals surface area contributed by atoms with Crippen LogP contribution in [0.1, 0.15) is 27.7 Å². The van der Waals surface area contributed by atoms with Crippen LogP contribution in [0.2, 0.25) is 0 Å². The van der Waals surface area contributed by atoms with E-state index in [4.69, 9.17) is 4.74 Å². The van der Waals surface area contributed by atoms with Crippen molar-refractivity contribution in [3.8, 4) is 0 Å². The summed E-state index contributed by atoms with van der Waals surface area (Å²) in [5.41, 5.74) is 0.131. The molecule has 1 aliphatic carbocycles. The van der Waals surface area contributed by atoms with E-state index in [0.717, 1.165) is 0 Å². The lowest BCUT2D eigenvalue weighted by molar-refractivity contribution is -0.139. The first-order valence-corrected chi connectivity index (χ1v) is 4.45. The highest BCUT2D eigenvalue weighted by atomic mass is 16.5. The smallest absolute Gasteiger partial charge is 0.315 e. The molecule has 2 atom stereocenters. The van der Waals surface area contributed by atoms with Crippen LogP contribution in [0.15, 0.2) is 12.3 Å². The van der Waals surface area contributed by atoms with Gasteiger partial charge in [-0.05, 0) is 5.41 Å². The quantitative estimate of drug-likeness (QED) is 0.519. The third-order valence-electron chi connectivity index (χ3n) is 2.66. The maximum absolute atomic E-state index is 11.0. The topological polar surface area (TPSA) is 26.3 Å². The summed E-state index contributed by atoms with van der Waals surface area (Å²) in [4.78, 5) is 11.0. The second-order valence-electron chi connectivity index (χ2n) is 3.66. The van der Waals surface area contributed by atoms with Crippen LogP contribution in [-0.4, -0.2) is 5.97 Å². The highest BCUT2D eigenvalue weighted by Crippen LogP contribution is 2.65. The zero-order valence-corrected chi connectivity index (χ0v) is 8.18. The number of hydrogen-bond donors (Lipinski definition) is 0. The molecular formula is C10H16O2. The van der Waals surface area contributed by atoms with Crippen LogP contribution in [0.5, 0.6) is 0 Å².